The molecule has 0 aliphatic heterocycles. The van der Waals surface area contributed by atoms with Gasteiger partial charge in [0, 0.05) is 17.7 Å². The fourth-order valence-electron chi connectivity index (χ4n) is 2.60. The van der Waals surface area contributed by atoms with Crippen LogP contribution in [0.15, 0.2) is 53.3 Å². The number of aryl methyl sites for hydroxylation is 1. The van der Waals surface area contributed by atoms with E-state index < -0.39 is 17.3 Å². The second kappa shape index (κ2) is 6.07. The number of aromatic nitrogens is 4. The summed E-state index contributed by atoms with van der Waals surface area (Å²) in [7, 11) is 0. The Morgan fingerprint density at radius 1 is 1.08 bits per heavy atom. The largest absolute Gasteiger partial charge is 0.350 e. The predicted octanol–water partition coefficient (Wildman–Crippen LogP) is 3.41. The number of nitrogens with one attached hydrogen (secondary N) is 2. The van der Waals surface area contributed by atoms with Crippen molar-refractivity contribution >= 4 is 17.3 Å². The zero-order chi connectivity index (χ0) is 18.3. The van der Waals surface area contributed by atoms with Crippen molar-refractivity contribution in [2.75, 3.05) is 5.32 Å². The van der Waals surface area contributed by atoms with Crippen LogP contribution in [-0.4, -0.2) is 19.6 Å². The summed E-state index contributed by atoms with van der Waals surface area (Å²) in [5, 5.41) is 8.95. The smallest absolute Gasteiger partial charge is 0.323 e. The zero-order valence-electron chi connectivity index (χ0n) is 13.6. The molecule has 0 unspecified atom stereocenters. The average molecular weight is 353 g/mol. The van der Waals surface area contributed by atoms with Gasteiger partial charge in [0.05, 0.1) is 11.4 Å². The number of nitrogens with zero attached hydrogens (tertiary/aromatic N) is 3. The Labute approximate surface area is 146 Å². The van der Waals surface area contributed by atoms with E-state index in [0.29, 0.717) is 11.3 Å². The van der Waals surface area contributed by atoms with Crippen LogP contribution in [0.2, 0.25) is 0 Å². The molecular formula is C18H13F2N5O. The Bertz CT molecular complexity index is 1160. The van der Waals surface area contributed by atoms with Crippen LogP contribution in [0.3, 0.4) is 0 Å². The van der Waals surface area contributed by atoms with Crippen molar-refractivity contribution in [3.8, 4) is 11.3 Å². The van der Waals surface area contributed by atoms with Crippen molar-refractivity contribution in [3.63, 3.8) is 0 Å². The first-order valence-electron chi connectivity index (χ1n) is 7.78. The molecule has 0 radical (unpaired) electrons. The highest BCUT2D eigenvalue weighted by atomic mass is 19.1. The van der Waals surface area contributed by atoms with Crippen LogP contribution in [0.25, 0.3) is 16.9 Å². The third kappa shape index (κ3) is 2.81. The molecule has 0 fully saturated rings. The molecule has 0 amide bonds. The maximum atomic E-state index is 14.0. The summed E-state index contributed by atoms with van der Waals surface area (Å²) in [5.74, 6) is -1.25. The molecule has 0 bridgehead atoms. The van der Waals surface area contributed by atoms with Crippen LogP contribution >= 0.6 is 0 Å². The Kier molecular flexibility index (Phi) is 3.72. The first-order valence-corrected chi connectivity index (χ1v) is 7.78. The summed E-state index contributed by atoms with van der Waals surface area (Å²) in [4.78, 5) is 16.4. The molecule has 0 aliphatic rings. The first-order chi connectivity index (χ1) is 12.5. The number of hydrogen-bond donors (Lipinski definition) is 2. The molecule has 6 nitrogen and oxygen atoms in total. The highest BCUT2D eigenvalue weighted by molar-refractivity contribution is 5.68. The standard InChI is InChI=1S/C18H13F2N5O/c1-10-2-4-11(5-3-10)14-9-16-23-24-18(26)25(16)17(21-14)22-15-8-12(19)6-7-13(15)20/h2-9H,1H3,(H,21,22)(H,24,26). The number of halogens is 2. The van der Waals surface area contributed by atoms with Crippen molar-refractivity contribution in [2.24, 2.45) is 0 Å². The molecule has 8 heteroatoms. The van der Waals surface area contributed by atoms with Gasteiger partial charge in [-0.05, 0) is 19.1 Å². The van der Waals surface area contributed by atoms with E-state index in [4.69, 9.17) is 0 Å². The molecule has 4 rings (SSSR count). The molecule has 2 aromatic carbocycles. The summed E-state index contributed by atoms with van der Waals surface area (Å²) < 4.78 is 28.6. The van der Waals surface area contributed by atoms with E-state index >= 15 is 0 Å². The number of benzene rings is 2. The average Bonchev–Trinajstić information content (AvgIpc) is 3.00. The summed E-state index contributed by atoms with van der Waals surface area (Å²) >= 11 is 0. The maximum Gasteiger partial charge on any atom is 0.350 e. The van der Waals surface area contributed by atoms with Gasteiger partial charge in [0.25, 0.3) is 0 Å². The molecule has 4 aromatic rings. The van der Waals surface area contributed by atoms with Crippen molar-refractivity contribution in [1.82, 2.24) is 19.6 Å². The Balaban J connectivity index is 1.89. The van der Waals surface area contributed by atoms with Gasteiger partial charge >= 0.3 is 5.69 Å². The van der Waals surface area contributed by atoms with Gasteiger partial charge in [0.15, 0.2) is 5.65 Å². The number of hydrogen-bond acceptors (Lipinski definition) is 4. The van der Waals surface area contributed by atoms with Crippen LogP contribution in [0.4, 0.5) is 20.4 Å². The second-order valence-electron chi connectivity index (χ2n) is 5.80. The molecule has 2 aromatic heterocycles. The SMILES string of the molecule is Cc1ccc(-c2cc3n[nH]c(=O)n3c(Nc3cc(F)ccc3F)n2)cc1. The van der Waals surface area contributed by atoms with Crippen molar-refractivity contribution in [3.05, 3.63) is 76.2 Å². The Hall–Kier alpha value is -3.55. The van der Waals surface area contributed by atoms with E-state index in [9.17, 15) is 13.6 Å². The summed E-state index contributed by atoms with van der Waals surface area (Å²) in [6, 6.07) is 12.3. The van der Waals surface area contributed by atoms with E-state index in [1.54, 1.807) is 6.07 Å². The molecule has 2 N–H and O–H groups in total. The van der Waals surface area contributed by atoms with Crippen LogP contribution in [0.5, 0.6) is 0 Å². The van der Waals surface area contributed by atoms with Crippen LogP contribution in [0.1, 0.15) is 5.56 Å². The molecule has 2 heterocycles. The number of fused-ring (bicyclic) bond motifs is 1. The van der Waals surface area contributed by atoms with Crippen LogP contribution < -0.4 is 11.0 Å². The topological polar surface area (TPSA) is 75.1 Å². The van der Waals surface area contributed by atoms with Crippen molar-refractivity contribution < 1.29 is 8.78 Å². The van der Waals surface area contributed by atoms with Crippen molar-refractivity contribution in [1.29, 1.82) is 0 Å². The lowest BCUT2D eigenvalue weighted by atomic mass is 10.1. The van der Waals surface area contributed by atoms with Crippen molar-refractivity contribution in [2.45, 2.75) is 6.92 Å². The molecule has 0 saturated carbocycles. The van der Waals surface area contributed by atoms with E-state index in [0.717, 1.165) is 33.7 Å². The minimum atomic E-state index is -0.668. The number of H-pyrrole nitrogens is 1. The first kappa shape index (κ1) is 15.9. The lowest BCUT2D eigenvalue weighted by Crippen LogP contribution is -2.15. The van der Waals surface area contributed by atoms with Gasteiger partial charge in [-0.2, -0.15) is 5.10 Å². The van der Waals surface area contributed by atoms with E-state index in [2.05, 4.69) is 20.5 Å². The Morgan fingerprint density at radius 2 is 1.85 bits per heavy atom. The van der Waals surface area contributed by atoms with E-state index in [-0.39, 0.29) is 11.6 Å². The van der Waals surface area contributed by atoms with E-state index in [1.807, 2.05) is 31.2 Å². The third-order valence-corrected chi connectivity index (χ3v) is 3.92. The van der Waals surface area contributed by atoms with Gasteiger partial charge in [-0.3, -0.25) is 0 Å². The fraction of sp³-hybridized carbons (Fsp3) is 0.0556. The molecular weight excluding hydrogens is 340 g/mol. The molecule has 0 aliphatic carbocycles. The second-order valence-corrected chi connectivity index (χ2v) is 5.80. The van der Waals surface area contributed by atoms with Gasteiger partial charge in [-0.1, -0.05) is 29.8 Å². The predicted molar refractivity (Wildman–Crippen MR) is 93.4 cm³/mol. The summed E-state index contributed by atoms with van der Waals surface area (Å²) in [6.45, 7) is 1.97. The normalized spacial score (nSPS) is 11.0. The molecule has 26 heavy (non-hydrogen) atoms. The van der Waals surface area contributed by atoms with Gasteiger partial charge in [0.1, 0.15) is 11.6 Å². The third-order valence-electron chi connectivity index (χ3n) is 3.92. The number of aromatic amines is 1. The number of anilines is 2. The lowest BCUT2D eigenvalue weighted by molar-refractivity contribution is 0.603. The molecule has 0 atom stereocenters. The highest BCUT2D eigenvalue weighted by Gasteiger charge is 2.14. The van der Waals surface area contributed by atoms with Gasteiger partial charge in [-0.25, -0.2) is 28.1 Å². The minimum absolute atomic E-state index is 0.0290. The molecule has 130 valence electrons. The highest BCUT2D eigenvalue weighted by Crippen LogP contribution is 2.24. The Morgan fingerprint density at radius 3 is 2.62 bits per heavy atom. The molecule has 0 saturated heterocycles. The van der Waals surface area contributed by atoms with Gasteiger partial charge < -0.3 is 5.32 Å². The van der Waals surface area contributed by atoms with Gasteiger partial charge in [0.2, 0.25) is 5.95 Å². The van der Waals surface area contributed by atoms with E-state index in [1.165, 1.54) is 0 Å². The quantitative estimate of drug-likeness (QED) is 0.592. The van der Waals surface area contributed by atoms with Gasteiger partial charge in [-0.15, -0.1) is 0 Å². The lowest BCUT2D eigenvalue weighted by Gasteiger charge is -2.10. The minimum Gasteiger partial charge on any atom is -0.323 e. The monoisotopic (exact) mass is 353 g/mol. The summed E-state index contributed by atoms with van der Waals surface area (Å²) in [6.07, 6.45) is 0. The zero-order valence-corrected chi connectivity index (χ0v) is 13.6. The molecule has 0 spiro atoms. The number of rotatable bonds is 3. The fourth-order valence-corrected chi connectivity index (χ4v) is 2.60. The van der Waals surface area contributed by atoms with Crippen LogP contribution in [0, 0.1) is 18.6 Å². The maximum absolute atomic E-state index is 14.0. The summed E-state index contributed by atoms with van der Waals surface area (Å²) in [5.41, 5.74) is 2.06. The van der Waals surface area contributed by atoms with Crippen LogP contribution in [-0.2, 0) is 0 Å².